The predicted molar refractivity (Wildman–Crippen MR) is 85.9 cm³/mol. The summed E-state index contributed by atoms with van der Waals surface area (Å²) < 4.78 is 4.34. The summed E-state index contributed by atoms with van der Waals surface area (Å²) in [7, 11) is 0. The zero-order chi connectivity index (χ0) is 13.2. The van der Waals surface area contributed by atoms with Crippen molar-refractivity contribution in [3.63, 3.8) is 0 Å². The molecule has 0 saturated carbocycles. The molecule has 0 unspecified atom stereocenters. The van der Waals surface area contributed by atoms with E-state index in [4.69, 9.17) is 0 Å². The van der Waals surface area contributed by atoms with Crippen LogP contribution in [0, 0.1) is 0 Å². The van der Waals surface area contributed by atoms with E-state index in [1.807, 2.05) is 12.5 Å². The van der Waals surface area contributed by atoms with E-state index < -0.39 is 0 Å². The number of hydrogen-bond acceptors (Lipinski definition) is 5. The Hall–Kier alpha value is -0.460. The summed E-state index contributed by atoms with van der Waals surface area (Å²) in [4.78, 5) is 9.56. The van der Waals surface area contributed by atoms with Gasteiger partial charge >= 0.3 is 0 Å². The van der Waals surface area contributed by atoms with Gasteiger partial charge in [0.1, 0.15) is 0 Å². The van der Waals surface area contributed by atoms with Gasteiger partial charge in [-0.2, -0.15) is 0 Å². The minimum Gasteiger partial charge on any atom is -0.352 e. The van der Waals surface area contributed by atoms with Crippen LogP contribution in [0.2, 0.25) is 0 Å². The quantitative estimate of drug-likeness (QED) is 0.850. The molecule has 2 saturated heterocycles. The van der Waals surface area contributed by atoms with Crippen LogP contribution in [0.1, 0.15) is 12.8 Å². The van der Waals surface area contributed by atoms with Crippen molar-refractivity contribution in [1.82, 2.24) is 9.88 Å². The molecule has 19 heavy (non-hydrogen) atoms. The predicted octanol–water partition coefficient (Wildman–Crippen LogP) is 2.82. The Morgan fingerprint density at radius 2 is 2.11 bits per heavy atom. The Kier molecular flexibility index (Phi) is 4.19. The third kappa shape index (κ3) is 2.85. The summed E-state index contributed by atoms with van der Waals surface area (Å²) >= 11 is 5.09. The maximum atomic E-state index is 4.56. The van der Waals surface area contributed by atoms with Gasteiger partial charge in [0.05, 0.1) is 5.69 Å². The minimum absolute atomic E-state index is 0.732. The summed E-state index contributed by atoms with van der Waals surface area (Å²) in [6, 6.07) is 2.83. The van der Waals surface area contributed by atoms with Crippen molar-refractivity contribution in [2.75, 3.05) is 42.1 Å². The van der Waals surface area contributed by atoms with Gasteiger partial charge in [-0.05, 0) is 47.9 Å². The van der Waals surface area contributed by atoms with Crippen molar-refractivity contribution >= 4 is 39.4 Å². The molecule has 1 N–H and O–H groups in total. The third-order valence-electron chi connectivity index (χ3n) is 3.86. The van der Waals surface area contributed by atoms with Gasteiger partial charge in [0.25, 0.3) is 0 Å². The molecule has 104 valence electrons. The second kappa shape index (κ2) is 5.89. The molecule has 1 aromatic heterocycles. The largest absolute Gasteiger partial charge is 0.352 e. The van der Waals surface area contributed by atoms with Crippen LogP contribution in [0.15, 0.2) is 16.7 Å². The lowest BCUT2D eigenvalue weighted by atomic mass is 10.1. The molecular formula is C13H19BrN4S. The highest BCUT2D eigenvalue weighted by Crippen LogP contribution is 2.32. The van der Waals surface area contributed by atoms with E-state index in [0.717, 1.165) is 35.1 Å². The minimum atomic E-state index is 0.732. The van der Waals surface area contributed by atoms with Crippen LogP contribution < -0.4 is 9.62 Å². The normalized spacial score (nSPS) is 20.6. The zero-order valence-corrected chi connectivity index (χ0v) is 13.5. The number of nitrogens with zero attached hydrogens (tertiary/aromatic N) is 3. The first-order valence-corrected chi connectivity index (χ1v) is 8.73. The van der Waals surface area contributed by atoms with E-state index in [2.05, 4.69) is 41.5 Å². The van der Waals surface area contributed by atoms with Crippen molar-refractivity contribution in [2.45, 2.75) is 18.9 Å². The first-order valence-electron chi connectivity index (χ1n) is 6.71. The summed E-state index contributed by atoms with van der Waals surface area (Å²) in [5.41, 5.74) is 1.10. The van der Waals surface area contributed by atoms with Crippen molar-refractivity contribution in [2.24, 2.45) is 0 Å². The van der Waals surface area contributed by atoms with Gasteiger partial charge < -0.3 is 9.62 Å². The van der Waals surface area contributed by atoms with E-state index in [0.29, 0.717) is 0 Å². The van der Waals surface area contributed by atoms with E-state index in [1.165, 1.54) is 25.9 Å². The average molecular weight is 343 g/mol. The number of hydrogen-bond donors (Lipinski definition) is 1. The fraction of sp³-hybridized carbons (Fsp3) is 0.615. The molecule has 6 heteroatoms. The summed E-state index contributed by atoms with van der Waals surface area (Å²) in [5.74, 6) is 1.08. The lowest BCUT2D eigenvalue weighted by Crippen LogP contribution is -2.59. The molecule has 2 aliphatic rings. The molecule has 0 spiro atoms. The molecule has 2 aliphatic heterocycles. The van der Waals surface area contributed by atoms with Crippen LogP contribution in [0.25, 0.3) is 0 Å². The monoisotopic (exact) mass is 342 g/mol. The Bertz CT molecular complexity index is 444. The highest BCUT2D eigenvalue weighted by Gasteiger charge is 2.34. The van der Waals surface area contributed by atoms with E-state index in [1.54, 1.807) is 11.9 Å². The number of halogens is 1. The average Bonchev–Trinajstić information content (AvgIpc) is 2.84. The highest BCUT2D eigenvalue weighted by atomic mass is 79.9. The zero-order valence-electron chi connectivity index (χ0n) is 11.1. The molecule has 3 heterocycles. The Morgan fingerprint density at radius 3 is 2.79 bits per heavy atom. The van der Waals surface area contributed by atoms with E-state index >= 15 is 0 Å². The Balaban J connectivity index is 1.67. The molecule has 0 aromatic carbocycles. The first kappa shape index (κ1) is 13.5. The molecule has 0 aliphatic carbocycles. The topological polar surface area (TPSA) is 31.4 Å². The first-order chi connectivity index (χ1) is 9.28. The Morgan fingerprint density at radius 1 is 1.37 bits per heavy atom. The van der Waals surface area contributed by atoms with Gasteiger partial charge in [0, 0.05) is 36.1 Å². The van der Waals surface area contributed by atoms with Gasteiger partial charge in [-0.3, -0.25) is 4.90 Å². The summed E-state index contributed by atoms with van der Waals surface area (Å²) in [6.07, 6.45) is 6.65. The van der Waals surface area contributed by atoms with Crippen molar-refractivity contribution in [3.8, 4) is 0 Å². The molecular weight excluding hydrogens is 324 g/mol. The number of anilines is 2. The lowest BCUT2D eigenvalue weighted by molar-refractivity contribution is 0.204. The Labute approximate surface area is 127 Å². The fourth-order valence-corrected chi connectivity index (χ4v) is 3.54. The molecule has 0 radical (unpaired) electrons. The molecule has 1 aromatic rings. The molecule has 2 fully saturated rings. The highest BCUT2D eigenvalue weighted by molar-refractivity contribution is 9.10. The lowest BCUT2D eigenvalue weighted by Gasteiger charge is -2.45. The number of pyridine rings is 1. The van der Waals surface area contributed by atoms with Crippen LogP contribution in [-0.2, 0) is 0 Å². The summed E-state index contributed by atoms with van der Waals surface area (Å²) in [5, 5.41) is 0. The molecule has 3 rings (SSSR count). The fourth-order valence-electron chi connectivity index (χ4n) is 2.84. The van der Waals surface area contributed by atoms with E-state index in [9.17, 15) is 0 Å². The van der Waals surface area contributed by atoms with Crippen LogP contribution in [-0.4, -0.2) is 48.4 Å². The van der Waals surface area contributed by atoms with Crippen molar-refractivity contribution < 1.29 is 0 Å². The van der Waals surface area contributed by atoms with E-state index in [-0.39, 0.29) is 0 Å². The molecule has 0 bridgehead atoms. The number of rotatable bonds is 4. The molecule has 0 atom stereocenters. The van der Waals surface area contributed by atoms with Crippen LogP contribution >= 0.6 is 27.9 Å². The van der Waals surface area contributed by atoms with Gasteiger partial charge in [-0.15, -0.1) is 0 Å². The maximum Gasteiger partial charge on any atom is 0.153 e. The van der Waals surface area contributed by atoms with Gasteiger partial charge in [-0.1, -0.05) is 11.9 Å². The maximum absolute atomic E-state index is 4.56. The second-order valence-electron chi connectivity index (χ2n) is 5.13. The number of nitrogens with one attached hydrogen (secondary N) is 1. The van der Waals surface area contributed by atoms with Crippen LogP contribution in [0.4, 0.5) is 11.5 Å². The van der Waals surface area contributed by atoms with Crippen molar-refractivity contribution in [1.29, 1.82) is 0 Å². The van der Waals surface area contributed by atoms with Gasteiger partial charge in [0.15, 0.2) is 5.82 Å². The smallest absolute Gasteiger partial charge is 0.153 e. The van der Waals surface area contributed by atoms with Crippen LogP contribution in [0.5, 0.6) is 0 Å². The van der Waals surface area contributed by atoms with Gasteiger partial charge in [0.2, 0.25) is 0 Å². The molecule has 4 nitrogen and oxygen atoms in total. The van der Waals surface area contributed by atoms with Gasteiger partial charge in [-0.25, -0.2) is 4.98 Å². The SMILES string of the molecule is CSNc1cc(Br)cnc1N1CC(N2CCCC2)C1. The number of likely N-dealkylation sites (tertiary alicyclic amines) is 1. The molecule has 0 amide bonds. The standard InChI is InChI=1S/C13H19BrN4S/c1-19-16-12-6-10(14)7-15-13(12)18-8-11(9-18)17-4-2-3-5-17/h6-7,11,16H,2-5,8-9H2,1H3. The second-order valence-corrected chi connectivity index (χ2v) is 6.66. The summed E-state index contributed by atoms with van der Waals surface area (Å²) in [6.45, 7) is 4.78. The number of aromatic nitrogens is 1. The third-order valence-corrected chi connectivity index (χ3v) is 4.72. The van der Waals surface area contributed by atoms with Crippen LogP contribution in [0.3, 0.4) is 0 Å². The van der Waals surface area contributed by atoms with Crippen molar-refractivity contribution in [3.05, 3.63) is 16.7 Å².